The Kier molecular flexibility index (Phi) is 5.30. The molecule has 0 spiro atoms. The molecule has 0 saturated carbocycles. The van der Waals surface area contributed by atoms with Gasteiger partial charge in [-0.25, -0.2) is 0 Å². The predicted molar refractivity (Wildman–Crippen MR) is 78.7 cm³/mol. The van der Waals surface area contributed by atoms with E-state index in [1.165, 1.54) is 11.8 Å². The van der Waals surface area contributed by atoms with Gasteiger partial charge in [-0.15, -0.1) is 0 Å². The number of fused-ring (bicyclic) bond motifs is 1. The van der Waals surface area contributed by atoms with Crippen LogP contribution in [0.1, 0.15) is 26.2 Å². The van der Waals surface area contributed by atoms with Gasteiger partial charge in [0.2, 0.25) is 0 Å². The van der Waals surface area contributed by atoms with Crippen molar-refractivity contribution in [2.75, 3.05) is 14.1 Å². The molecule has 0 amide bonds. The summed E-state index contributed by atoms with van der Waals surface area (Å²) >= 11 is 1.42. The van der Waals surface area contributed by atoms with Crippen molar-refractivity contribution in [3.8, 4) is 0 Å². The number of hydrogen-bond donors (Lipinski definition) is 3. The topological polar surface area (TPSA) is 85.5 Å². The van der Waals surface area contributed by atoms with Crippen LogP contribution in [-0.2, 0) is 4.74 Å². The van der Waals surface area contributed by atoms with Crippen molar-refractivity contribution in [2.24, 2.45) is 4.99 Å². The van der Waals surface area contributed by atoms with Crippen molar-refractivity contribution in [3.05, 3.63) is 0 Å². The van der Waals surface area contributed by atoms with Crippen LogP contribution in [0, 0.1) is 0 Å². The highest BCUT2D eigenvalue weighted by Crippen LogP contribution is 2.38. The zero-order chi connectivity index (χ0) is 14.9. The van der Waals surface area contributed by atoms with Crippen LogP contribution in [0.2, 0.25) is 0 Å². The fraction of sp³-hybridized carbons (Fsp3) is 0.923. The van der Waals surface area contributed by atoms with Gasteiger partial charge in [0, 0.05) is 14.1 Å². The van der Waals surface area contributed by atoms with Gasteiger partial charge in [-0.2, -0.15) is 0 Å². The average molecular weight is 304 g/mol. The van der Waals surface area contributed by atoms with Crippen LogP contribution in [0.4, 0.5) is 0 Å². The molecule has 6 nitrogen and oxygen atoms in total. The SMILES string of the molecule is CCCC[C@@H](O)[C@H]1O[C@@H]2SC(N(C)C)=N[C@@H]2[C@@H](O)[C@@H]1O. The number of rotatable bonds is 4. The molecule has 1 fully saturated rings. The molecule has 0 radical (unpaired) electrons. The summed E-state index contributed by atoms with van der Waals surface area (Å²) in [6.45, 7) is 2.04. The van der Waals surface area contributed by atoms with E-state index >= 15 is 0 Å². The van der Waals surface area contributed by atoms with Crippen molar-refractivity contribution >= 4 is 16.9 Å². The van der Waals surface area contributed by atoms with E-state index in [1.54, 1.807) is 0 Å². The number of aliphatic imine (C=N–C) groups is 1. The van der Waals surface area contributed by atoms with E-state index in [1.807, 2.05) is 25.9 Å². The maximum atomic E-state index is 10.2. The first kappa shape index (κ1) is 16.0. The van der Waals surface area contributed by atoms with Crippen molar-refractivity contribution < 1.29 is 20.1 Å². The van der Waals surface area contributed by atoms with E-state index in [4.69, 9.17) is 4.74 Å². The fourth-order valence-corrected chi connectivity index (χ4v) is 3.63. The first-order valence-electron chi connectivity index (χ1n) is 7.07. The number of amidine groups is 1. The number of ether oxygens (including phenoxy) is 1. The normalized spacial score (nSPS) is 38.3. The minimum Gasteiger partial charge on any atom is -0.390 e. The molecule has 2 aliphatic rings. The van der Waals surface area contributed by atoms with Gasteiger partial charge < -0.3 is 25.0 Å². The van der Waals surface area contributed by atoms with Gasteiger partial charge in [-0.3, -0.25) is 4.99 Å². The molecule has 116 valence electrons. The van der Waals surface area contributed by atoms with Gasteiger partial charge in [0.05, 0.1) is 6.10 Å². The van der Waals surface area contributed by atoms with Gasteiger partial charge >= 0.3 is 0 Å². The van der Waals surface area contributed by atoms with Crippen molar-refractivity contribution in [2.45, 2.75) is 62.1 Å². The molecule has 0 aromatic rings. The highest BCUT2D eigenvalue weighted by molar-refractivity contribution is 8.14. The largest absolute Gasteiger partial charge is 0.390 e. The fourth-order valence-electron chi connectivity index (χ4n) is 2.49. The van der Waals surface area contributed by atoms with Crippen LogP contribution in [-0.4, -0.2) is 75.4 Å². The van der Waals surface area contributed by atoms with Crippen LogP contribution >= 0.6 is 11.8 Å². The van der Waals surface area contributed by atoms with Crippen molar-refractivity contribution in [3.63, 3.8) is 0 Å². The highest BCUT2D eigenvalue weighted by Gasteiger charge is 2.50. The Labute approximate surface area is 123 Å². The smallest absolute Gasteiger partial charge is 0.161 e. The molecule has 20 heavy (non-hydrogen) atoms. The van der Waals surface area contributed by atoms with E-state index in [9.17, 15) is 15.3 Å². The number of unbranched alkanes of at least 4 members (excludes halogenated alkanes) is 1. The quantitative estimate of drug-likeness (QED) is 0.679. The molecule has 0 unspecified atom stereocenters. The van der Waals surface area contributed by atoms with E-state index < -0.39 is 30.5 Å². The molecule has 0 aromatic heterocycles. The average Bonchev–Trinajstić information content (AvgIpc) is 2.84. The van der Waals surface area contributed by atoms with Gasteiger partial charge in [0.1, 0.15) is 29.8 Å². The maximum absolute atomic E-state index is 10.2. The maximum Gasteiger partial charge on any atom is 0.161 e. The van der Waals surface area contributed by atoms with Gasteiger partial charge in [0.15, 0.2) is 5.17 Å². The van der Waals surface area contributed by atoms with Gasteiger partial charge in [-0.05, 0) is 6.42 Å². The molecule has 2 aliphatic heterocycles. The summed E-state index contributed by atoms with van der Waals surface area (Å²) in [5, 5.41) is 31.3. The lowest BCUT2D eigenvalue weighted by Crippen LogP contribution is -2.58. The van der Waals surface area contributed by atoms with Crippen LogP contribution in [0.3, 0.4) is 0 Å². The Hall–Kier alpha value is -0.340. The summed E-state index contributed by atoms with van der Waals surface area (Å²) in [7, 11) is 3.75. The second-order valence-corrected chi connectivity index (χ2v) is 6.64. The molecule has 0 bridgehead atoms. The predicted octanol–water partition coefficient (Wildman–Crippen LogP) is 0.0172. The van der Waals surface area contributed by atoms with Crippen LogP contribution in [0.5, 0.6) is 0 Å². The molecular weight excluding hydrogens is 280 g/mol. The Bertz CT molecular complexity index is 366. The van der Waals surface area contributed by atoms with Gasteiger partial charge in [-0.1, -0.05) is 31.5 Å². The lowest BCUT2D eigenvalue weighted by atomic mass is 9.93. The number of thioether (sulfide) groups is 1. The van der Waals surface area contributed by atoms with Gasteiger partial charge in [0.25, 0.3) is 0 Å². The summed E-state index contributed by atoms with van der Waals surface area (Å²) in [4.78, 5) is 6.24. The van der Waals surface area contributed by atoms with Crippen LogP contribution in [0.15, 0.2) is 4.99 Å². The third-order valence-corrected chi connectivity index (χ3v) is 5.01. The first-order chi connectivity index (χ1) is 9.45. The Morgan fingerprint density at radius 3 is 2.65 bits per heavy atom. The van der Waals surface area contributed by atoms with Crippen molar-refractivity contribution in [1.82, 2.24) is 4.90 Å². The minimum atomic E-state index is -1.10. The zero-order valence-corrected chi connectivity index (χ0v) is 13.0. The van der Waals surface area contributed by atoms with E-state index in [0.29, 0.717) is 6.42 Å². The molecule has 6 atom stereocenters. The summed E-state index contributed by atoms with van der Waals surface area (Å²) in [6.07, 6.45) is -1.21. The number of hydrogen-bond acceptors (Lipinski definition) is 7. The van der Waals surface area contributed by atoms with E-state index in [0.717, 1.165) is 18.0 Å². The lowest BCUT2D eigenvalue weighted by molar-refractivity contribution is -0.185. The second kappa shape index (κ2) is 6.62. The summed E-state index contributed by atoms with van der Waals surface area (Å²) in [5.74, 6) is 0. The molecule has 3 N–H and O–H groups in total. The molecule has 0 aromatic carbocycles. The molecule has 7 heteroatoms. The van der Waals surface area contributed by atoms with E-state index in [2.05, 4.69) is 4.99 Å². The summed E-state index contributed by atoms with van der Waals surface area (Å²) < 4.78 is 5.79. The first-order valence-corrected chi connectivity index (χ1v) is 7.95. The van der Waals surface area contributed by atoms with Crippen LogP contribution in [0.25, 0.3) is 0 Å². The minimum absolute atomic E-state index is 0.341. The van der Waals surface area contributed by atoms with Crippen LogP contribution < -0.4 is 0 Å². The molecule has 2 rings (SSSR count). The third kappa shape index (κ3) is 3.12. The highest BCUT2D eigenvalue weighted by atomic mass is 32.2. The Morgan fingerprint density at radius 2 is 2.05 bits per heavy atom. The number of nitrogens with zero attached hydrogens (tertiary/aromatic N) is 2. The number of aliphatic hydroxyl groups excluding tert-OH is 3. The molecule has 0 aliphatic carbocycles. The molecule has 2 heterocycles. The lowest BCUT2D eigenvalue weighted by Gasteiger charge is -2.40. The molecular formula is C13H24N2O4S. The Morgan fingerprint density at radius 1 is 1.35 bits per heavy atom. The van der Waals surface area contributed by atoms with E-state index in [-0.39, 0.29) is 5.44 Å². The number of aliphatic hydroxyl groups is 3. The third-order valence-electron chi connectivity index (χ3n) is 3.70. The summed E-state index contributed by atoms with van der Waals surface area (Å²) in [6, 6.07) is -0.470. The zero-order valence-electron chi connectivity index (χ0n) is 12.1. The standard InChI is InChI=1S/C13H24N2O4S/c1-4-5-6-7(16)11-10(18)9(17)8-12(19-11)20-13(14-8)15(2)3/h7-12,16-18H,4-6H2,1-3H3/t7-,8-,9-,10+,11-,12-/m1/s1. The van der Waals surface area contributed by atoms with Crippen molar-refractivity contribution in [1.29, 1.82) is 0 Å². The second-order valence-electron chi connectivity index (χ2n) is 5.57. The monoisotopic (exact) mass is 304 g/mol. The Balaban J connectivity index is 2.05. The molecule has 1 saturated heterocycles. The summed E-state index contributed by atoms with van der Waals surface area (Å²) in [5.41, 5.74) is -0.341.